The Hall–Kier alpha value is -1.24. The fourth-order valence-electron chi connectivity index (χ4n) is 3.19. The van der Waals surface area contributed by atoms with Gasteiger partial charge >= 0.3 is 6.03 Å². The zero-order valence-corrected chi connectivity index (χ0v) is 12.2. The number of rotatable bonds is 2. The molecule has 110 valence electrons. The van der Waals surface area contributed by atoms with E-state index in [2.05, 4.69) is 5.32 Å². The molecule has 0 aromatic rings. The first-order valence-corrected chi connectivity index (χ1v) is 8.18. The van der Waals surface area contributed by atoms with Crippen LogP contribution in [0.15, 0.2) is 0 Å². The first-order valence-electron chi connectivity index (χ1n) is 7.19. The molecule has 20 heavy (non-hydrogen) atoms. The van der Waals surface area contributed by atoms with E-state index in [0.717, 1.165) is 24.6 Å². The summed E-state index contributed by atoms with van der Waals surface area (Å²) >= 11 is 1.05. The number of nitrogens with zero attached hydrogens (tertiary/aromatic N) is 2. The van der Waals surface area contributed by atoms with E-state index in [9.17, 15) is 14.4 Å². The van der Waals surface area contributed by atoms with Crippen LogP contribution in [0.2, 0.25) is 0 Å². The van der Waals surface area contributed by atoms with Gasteiger partial charge in [0.05, 0.1) is 11.8 Å². The molecule has 0 aromatic heterocycles. The van der Waals surface area contributed by atoms with Gasteiger partial charge in [-0.2, -0.15) is 0 Å². The van der Waals surface area contributed by atoms with Crippen molar-refractivity contribution in [3.63, 3.8) is 0 Å². The zero-order chi connectivity index (χ0) is 14.1. The van der Waals surface area contributed by atoms with Gasteiger partial charge in [-0.05, 0) is 19.3 Å². The lowest BCUT2D eigenvalue weighted by Crippen LogP contribution is -2.45. The standard InChI is InChI=1S/C13H19N3O3S/c17-11-8-20-13(19)16(11)10-5-6-15(7-10)12(18)14-9-3-1-2-4-9/h9-10H,1-8H2,(H,14,18). The second-order valence-electron chi connectivity index (χ2n) is 5.64. The van der Waals surface area contributed by atoms with Crippen LogP contribution >= 0.6 is 11.8 Å². The number of amides is 4. The highest BCUT2D eigenvalue weighted by Gasteiger charge is 2.40. The Kier molecular flexibility index (Phi) is 3.87. The molecule has 3 fully saturated rings. The minimum Gasteiger partial charge on any atom is -0.335 e. The number of hydrogen-bond acceptors (Lipinski definition) is 4. The van der Waals surface area contributed by atoms with E-state index < -0.39 is 0 Å². The molecule has 0 spiro atoms. The van der Waals surface area contributed by atoms with Gasteiger partial charge in [-0.3, -0.25) is 14.5 Å². The van der Waals surface area contributed by atoms with Gasteiger partial charge in [0.15, 0.2) is 0 Å². The average Bonchev–Trinajstić information content (AvgIpc) is 3.11. The van der Waals surface area contributed by atoms with E-state index >= 15 is 0 Å². The summed E-state index contributed by atoms with van der Waals surface area (Å²) in [5, 5.41) is 2.88. The zero-order valence-electron chi connectivity index (χ0n) is 11.3. The molecule has 1 N–H and O–H groups in total. The van der Waals surface area contributed by atoms with E-state index in [0.29, 0.717) is 25.6 Å². The van der Waals surface area contributed by atoms with Gasteiger partial charge in [-0.15, -0.1) is 0 Å². The van der Waals surface area contributed by atoms with Crippen molar-refractivity contribution >= 4 is 28.9 Å². The van der Waals surface area contributed by atoms with Crippen molar-refractivity contribution < 1.29 is 14.4 Å². The summed E-state index contributed by atoms with van der Waals surface area (Å²) in [6.45, 7) is 1.08. The maximum absolute atomic E-state index is 12.1. The van der Waals surface area contributed by atoms with E-state index in [1.165, 1.54) is 17.7 Å². The lowest BCUT2D eigenvalue weighted by Gasteiger charge is -2.23. The fourth-order valence-corrected chi connectivity index (χ4v) is 3.97. The van der Waals surface area contributed by atoms with Crippen LogP contribution in [-0.2, 0) is 4.79 Å². The van der Waals surface area contributed by atoms with Crippen LogP contribution in [0.4, 0.5) is 9.59 Å². The lowest BCUT2D eigenvalue weighted by molar-refractivity contribution is -0.126. The molecular formula is C13H19N3O3S. The number of nitrogens with one attached hydrogen (secondary N) is 1. The Morgan fingerprint density at radius 2 is 1.95 bits per heavy atom. The minimum atomic E-state index is -0.168. The smallest absolute Gasteiger partial charge is 0.317 e. The topological polar surface area (TPSA) is 69.7 Å². The molecular weight excluding hydrogens is 278 g/mol. The molecule has 0 radical (unpaired) electrons. The molecule has 6 nitrogen and oxygen atoms in total. The van der Waals surface area contributed by atoms with Crippen molar-refractivity contribution in [1.82, 2.24) is 15.1 Å². The van der Waals surface area contributed by atoms with Gasteiger partial charge in [0.25, 0.3) is 5.24 Å². The van der Waals surface area contributed by atoms with Crippen molar-refractivity contribution in [1.29, 1.82) is 0 Å². The predicted molar refractivity (Wildman–Crippen MR) is 75.5 cm³/mol. The number of imide groups is 1. The Balaban J connectivity index is 1.54. The maximum Gasteiger partial charge on any atom is 0.317 e. The number of likely N-dealkylation sites (tertiary alicyclic amines) is 1. The first kappa shape index (κ1) is 13.7. The van der Waals surface area contributed by atoms with Crippen LogP contribution in [0, 0.1) is 0 Å². The van der Waals surface area contributed by atoms with E-state index in [4.69, 9.17) is 0 Å². The third-order valence-electron chi connectivity index (χ3n) is 4.28. The molecule has 3 rings (SSSR count). The number of carbonyl (C=O) groups is 3. The van der Waals surface area contributed by atoms with Crippen molar-refractivity contribution in [2.24, 2.45) is 0 Å². The highest BCUT2D eigenvalue weighted by atomic mass is 32.2. The molecule has 0 bridgehead atoms. The second-order valence-corrected chi connectivity index (χ2v) is 6.56. The highest BCUT2D eigenvalue weighted by molar-refractivity contribution is 8.14. The van der Waals surface area contributed by atoms with Crippen molar-refractivity contribution in [2.75, 3.05) is 18.8 Å². The summed E-state index contributed by atoms with van der Waals surface area (Å²) in [6, 6.07) is 0.109. The molecule has 2 saturated heterocycles. The van der Waals surface area contributed by atoms with E-state index in [-0.39, 0.29) is 29.0 Å². The summed E-state index contributed by atoms with van der Waals surface area (Å²) in [4.78, 5) is 38.6. The van der Waals surface area contributed by atoms with Gasteiger partial charge in [0.2, 0.25) is 5.91 Å². The molecule has 4 amide bonds. The van der Waals surface area contributed by atoms with Crippen molar-refractivity contribution in [3.8, 4) is 0 Å². The average molecular weight is 297 g/mol. The van der Waals surface area contributed by atoms with Crippen LogP contribution in [0.5, 0.6) is 0 Å². The maximum atomic E-state index is 12.1. The summed E-state index contributed by atoms with van der Waals surface area (Å²) in [6.07, 6.45) is 5.17. The normalized spacial score (nSPS) is 27.7. The molecule has 3 aliphatic rings. The fraction of sp³-hybridized carbons (Fsp3) is 0.769. The molecule has 7 heteroatoms. The molecule has 1 saturated carbocycles. The third kappa shape index (κ3) is 2.63. The van der Waals surface area contributed by atoms with Crippen LogP contribution in [-0.4, -0.2) is 57.9 Å². The van der Waals surface area contributed by atoms with Crippen molar-refractivity contribution in [2.45, 2.75) is 44.2 Å². The Bertz CT molecular complexity index is 421. The van der Waals surface area contributed by atoms with Gasteiger partial charge in [-0.1, -0.05) is 24.6 Å². The SMILES string of the molecule is O=C(NC1CCCC1)N1CCC(N2C(=O)CSC2=O)C1. The lowest BCUT2D eigenvalue weighted by atomic mass is 10.2. The molecule has 2 aliphatic heterocycles. The molecule has 0 aromatic carbocycles. The molecule has 1 aliphatic carbocycles. The van der Waals surface area contributed by atoms with Gasteiger partial charge < -0.3 is 10.2 Å². The van der Waals surface area contributed by atoms with Crippen LogP contribution < -0.4 is 5.32 Å². The monoisotopic (exact) mass is 297 g/mol. The Morgan fingerprint density at radius 3 is 2.60 bits per heavy atom. The van der Waals surface area contributed by atoms with Crippen LogP contribution in [0.25, 0.3) is 0 Å². The minimum absolute atomic E-state index is 0.0499. The van der Waals surface area contributed by atoms with E-state index in [1.807, 2.05) is 0 Å². The first-order chi connectivity index (χ1) is 9.65. The third-order valence-corrected chi connectivity index (χ3v) is 5.12. The number of carbonyl (C=O) groups excluding carboxylic acids is 3. The second kappa shape index (κ2) is 5.63. The van der Waals surface area contributed by atoms with Crippen LogP contribution in [0.3, 0.4) is 0 Å². The molecule has 1 unspecified atom stereocenters. The van der Waals surface area contributed by atoms with E-state index in [1.54, 1.807) is 4.90 Å². The highest BCUT2D eigenvalue weighted by Crippen LogP contribution is 2.26. The van der Waals surface area contributed by atoms with Gasteiger partial charge in [0, 0.05) is 19.1 Å². The molecule has 1 atom stereocenters. The predicted octanol–water partition coefficient (Wildman–Crippen LogP) is 1.41. The molecule has 2 heterocycles. The number of thioether (sulfide) groups is 1. The van der Waals surface area contributed by atoms with Gasteiger partial charge in [-0.25, -0.2) is 4.79 Å². The number of urea groups is 1. The summed E-state index contributed by atoms with van der Waals surface area (Å²) in [5.74, 6) is 0.118. The van der Waals surface area contributed by atoms with Crippen molar-refractivity contribution in [3.05, 3.63) is 0 Å². The largest absolute Gasteiger partial charge is 0.335 e. The number of hydrogen-bond donors (Lipinski definition) is 1. The quantitative estimate of drug-likeness (QED) is 0.836. The Labute approximate surface area is 122 Å². The Morgan fingerprint density at radius 1 is 1.20 bits per heavy atom. The van der Waals surface area contributed by atoms with Gasteiger partial charge in [0.1, 0.15) is 0 Å². The summed E-state index contributed by atoms with van der Waals surface area (Å²) in [5.41, 5.74) is 0. The summed E-state index contributed by atoms with van der Waals surface area (Å²) in [7, 11) is 0. The van der Waals surface area contributed by atoms with Crippen LogP contribution in [0.1, 0.15) is 32.1 Å². The summed E-state index contributed by atoms with van der Waals surface area (Å²) < 4.78 is 0.